The maximum atomic E-state index is 13.1. The number of amides is 1. The van der Waals surface area contributed by atoms with Crippen LogP contribution in [0.2, 0.25) is 0 Å². The molecule has 1 spiro atoms. The van der Waals surface area contributed by atoms with E-state index in [1.165, 1.54) is 12.8 Å². The van der Waals surface area contributed by atoms with Gasteiger partial charge in [0.05, 0.1) is 26.0 Å². The standard InChI is InChI=1S/C20H29N3O3/c1-25-18-6-2-4-16(21-18)14-22-9-8-20(15-22)7-3-5-17(20)19(24)23-10-12-26-13-11-23/h2,4,6,17H,3,5,7-15H2,1H3. The summed E-state index contributed by atoms with van der Waals surface area (Å²) in [4.78, 5) is 22.2. The predicted molar refractivity (Wildman–Crippen MR) is 97.9 cm³/mol. The highest BCUT2D eigenvalue weighted by Gasteiger charge is 2.51. The van der Waals surface area contributed by atoms with Crippen LogP contribution in [0, 0.1) is 11.3 Å². The Morgan fingerprint density at radius 1 is 1.31 bits per heavy atom. The van der Waals surface area contributed by atoms with Crippen LogP contribution >= 0.6 is 0 Å². The zero-order valence-corrected chi connectivity index (χ0v) is 15.7. The van der Waals surface area contributed by atoms with Crippen LogP contribution in [0.25, 0.3) is 0 Å². The van der Waals surface area contributed by atoms with Crippen molar-refractivity contribution in [2.24, 2.45) is 11.3 Å². The molecule has 1 aliphatic carbocycles. The number of carbonyl (C=O) groups excluding carboxylic acids is 1. The van der Waals surface area contributed by atoms with Gasteiger partial charge in [0.25, 0.3) is 0 Å². The number of nitrogens with zero attached hydrogens (tertiary/aromatic N) is 3. The number of carbonyl (C=O) groups is 1. The van der Waals surface area contributed by atoms with Crippen LogP contribution in [0.4, 0.5) is 0 Å². The summed E-state index contributed by atoms with van der Waals surface area (Å²) in [5.74, 6) is 1.22. The molecule has 3 fully saturated rings. The molecule has 2 saturated heterocycles. The van der Waals surface area contributed by atoms with Crippen LogP contribution in [0.5, 0.6) is 5.88 Å². The normalized spacial score (nSPS) is 29.4. The molecule has 1 aromatic heterocycles. The van der Waals surface area contributed by atoms with Crippen LogP contribution < -0.4 is 4.74 Å². The fourth-order valence-corrected chi connectivity index (χ4v) is 5.02. The zero-order valence-electron chi connectivity index (χ0n) is 15.7. The Bertz CT molecular complexity index is 647. The molecule has 1 saturated carbocycles. The quantitative estimate of drug-likeness (QED) is 0.822. The molecule has 6 nitrogen and oxygen atoms in total. The first-order chi connectivity index (χ1) is 12.7. The number of ether oxygens (including phenoxy) is 2. The van der Waals surface area contributed by atoms with E-state index in [2.05, 4.69) is 16.0 Å². The van der Waals surface area contributed by atoms with Crippen molar-refractivity contribution in [3.05, 3.63) is 23.9 Å². The lowest BCUT2D eigenvalue weighted by Gasteiger charge is -2.36. The van der Waals surface area contributed by atoms with Crippen molar-refractivity contribution in [1.29, 1.82) is 0 Å². The topological polar surface area (TPSA) is 54.9 Å². The van der Waals surface area contributed by atoms with Crippen LogP contribution in [0.15, 0.2) is 18.2 Å². The lowest BCUT2D eigenvalue weighted by atomic mass is 9.76. The zero-order chi connectivity index (χ0) is 18.0. The summed E-state index contributed by atoms with van der Waals surface area (Å²) >= 11 is 0. The Morgan fingerprint density at radius 2 is 2.15 bits per heavy atom. The van der Waals surface area contributed by atoms with Crippen LogP contribution in [0.3, 0.4) is 0 Å². The second-order valence-corrected chi connectivity index (χ2v) is 7.88. The molecule has 142 valence electrons. The number of hydrogen-bond acceptors (Lipinski definition) is 5. The fourth-order valence-electron chi connectivity index (χ4n) is 5.02. The minimum absolute atomic E-state index is 0.161. The summed E-state index contributed by atoms with van der Waals surface area (Å²) in [6, 6.07) is 5.93. The second-order valence-electron chi connectivity index (χ2n) is 7.88. The van der Waals surface area contributed by atoms with Gasteiger partial charge >= 0.3 is 0 Å². The van der Waals surface area contributed by atoms with Crippen LogP contribution in [-0.2, 0) is 16.1 Å². The molecular formula is C20H29N3O3. The molecular weight excluding hydrogens is 330 g/mol. The molecule has 4 rings (SSSR count). The SMILES string of the molecule is COc1cccc(CN2CCC3(CCCC3C(=O)N3CCOCC3)C2)n1. The first kappa shape index (κ1) is 17.7. The van der Waals surface area contributed by atoms with Gasteiger partial charge < -0.3 is 14.4 Å². The molecule has 2 aliphatic heterocycles. The molecule has 0 bridgehead atoms. The predicted octanol–water partition coefficient (Wildman–Crippen LogP) is 1.94. The molecule has 3 aliphatic rings. The van der Waals surface area contributed by atoms with Crippen molar-refractivity contribution in [2.45, 2.75) is 32.2 Å². The number of hydrogen-bond donors (Lipinski definition) is 0. The number of methoxy groups -OCH3 is 1. The third-order valence-electron chi connectivity index (χ3n) is 6.37. The summed E-state index contributed by atoms with van der Waals surface area (Å²) in [5.41, 5.74) is 1.20. The van der Waals surface area contributed by atoms with Crippen LogP contribution in [-0.4, -0.2) is 67.2 Å². The van der Waals surface area contributed by atoms with Crippen LogP contribution in [0.1, 0.15) is 31.4 Å². The molecule has 2 unspecified atom stereocenters. The smallest absolute Gasteiger partial charge is 0.226 e. The first-order valence-corrected chi connectivity index (χ1v) is 9.79. The van der Waals surface area contributed by atoms with Crippen molar-refractivity contribution in [2.75, 3.05) is 46.5 Å². The Kier molecular flexibility index (Phi) is 5.14. The lowest BCUT2D eigenvalue weighted by Crippen LogP contribution is -2.47. The summed E-state index contributed by atoms with van der Waals surface area (Å²) in [7, 11) is 1.65. The second kappa shape index (κ2) is 7.53. The molecule has 6 heteroatoms. The Balaban J connectivity index is 1.42. The van der Waals surface area contributed by atoms with Gasteiger partial charge in [-0.3, -0.25) is 9.69 Å². The van der Waals surface area contributed by atoms with E-state index in [-0.39, 0.29) is 11.3 Å². The van der Waals surface area contributed by atoms with Crippen molar-refractivity contribution in [1.82, 2.24) is 14.8 Å². The largest absolute Gasteiger partial charge is 0.481 e. The van der Waals surface area contributed by atoms with Gasteiger partial charge in [0.1, 0.15) is 0 Å². The van der Waals surface area contributed by atoms with Gasteiger partial charge in [0, 0.05) is 38.2 Å². The van der Waals surface area contributed by atoms with Crippen molar-refractivity contribution in [3.8, 4) is 5.88 Å². The van der Waals surface area contributed by atoms with Gasteiger partial charge in [-0.2, -0.15) is 0 Å². The highest BCUT2D eigenvalue weighted by atomic mass is 16.5. The van der Waals surface area contributed by atoms with Gasteiger partial charge in [-0.1, -0.05) is 12.5 Å². The third-order valence-corrected chi connectivity index (χ3v) is 6.37. The number of likely N-dealkylation sites (tertiary alicyclic amines) is 1. The molecule has 2 atom stereocenters. The van der Waals surface area contributed by atoms with E-state index < -0.39 is 0 Å². The summed E-state index contributed by atoms with van der Waals surface area (Å²) < 4.78 is 10.7. The van der Waals surface area contributed by atoms with Gasteiger partial charge in [0.15, 0.2) is 0 Å². The van der Waals surface area contributed by atoms with Gasteiger partial charge in [-0.05, 0) is 37.3 Å². The van der Waals surface area contributed by atoms with E-state index in [1.807, 2.05) is 17.0 Å². The highest BCUT2D eigenvalue weighted by Crippen LogP contribution is 2.50. The number of morpholine rings is 1. The first-order valence-electron chi connectivity index (χ1n) is 9.79. The molecule has 0 aromatic carbocycles. The van der Waals surface area contributed by atoms with E-state index >= 15 is 0 Å². The average Bonchev–Trinajstić information content (AvgIpc) is 3.29. The number of rotatable bonds is 4. The average molecular weight is 359 g/mol. The van der Waals surface area contributed by atoms with E-state index in [9.17, 15) is 4.79 Å². The summed E-state index contributed by atoms with van der Waals surface area (Å²) in [6.45, 7) is 5.75. The summed E-state index contributed by atoms with van der Waals surface area (Å²) in [6.07, 6.45) is 4.51. The molecule has 26 heavy (non-hydrogen) atoms. The monoisotopic (exact) mass is 359 g/mol. The number of aromatic nitrogens is 1. The maximum Gasteiger partial charge on any atom is 0.226 e. The van der Waals surface area contributed by atoms with Gasteiger partial charge in [-0.25, -0.2) is 4.98 Å². The van der Waals surface area contributed by atoms with E-state index in [1.54, 1.807) is 7.11 Å². The van der Waals surface area contributed by atoms with E-state index in [0.717, 1.165) is 51.3 Å². The molecule has 3 heterocycles. The number of pyridine rings is 1. The third kappa shape index (κ3) is 3.45. The fraction of sp³-hybridized carbons (Fsp3) is 0.700. The van der Waals surface area contributed by atoms with E-state index in [4.69, 9.17) is 9.47 Å². The lowest BCUT2D eigenvalue weighted by molar-refractivity contribution is -0.143. The van der Waals surface area contributed by atoms with Crippen molar-refractivity contribution < 1.29 is 14.3 Å². The van der Waals surface area contributed by atoms with Gasteiger partial charge in [-0.15, -0.1) is 0 Å². The van der Waals surface area contributed by atoms with Gasteiger partial charge in [0.2, 0.25) is 11.8 Å². The maximum absolute atomic E-state index is 13.1. The minimum atomic E-state index is 0.161. The molecule has 0 radical (unpaired) electrons. The summed E-state index contributed by atoms with van der Waals surface area (Å²) in [5, 5.41) is 0. The Labute approximate surface area is 155 Å². The van der Waals surface area contributed by atoms with Crippen molar-refractivity contribution in [3.63, 3.8) is 0 Å². The molecule has 0 N–H and O–H groups in total. The van der Waals surface area contributed by atoms with E-state index in [0.29, 0.717) is 25.0 Å². The Hall–Kier alpha value is -1.66. The molecule has 1 amide bonds. The highest BCUT2D eigenvalue weighted by molar-refractivity contribution is 5.80. The molecule has 1 aromatic rings. The minimum Gasteiger partial charge on any atom is -0.481 e. The Morgan fingerprint density at radius 3 is 2.96 bits per heavy atom. The van der Waals surface area contributed by atoms with Crippen molar-refractivity contribution >= 4 is 5.91 Å².